The summed E-state index contributed by atoms with van der Waals surface area (Å²) in [5.41, 5.74) is 5.82. The van der Waals surface area contributed by atoms with E-state index >= 15 is 0 Å². The fourth-order valence-electron chi connectivity index (χ4n) is 1.21. The second-order valence-corrected chi connectivity index (χ2v) is 5.68. The number of rotatable bonds is 6. The zero-order chi connectivity index (χ0) is 13.8. The Morgan fingerprint density at radius 2 is 2.33 bits per heavy atom. The first-order valence-corrected chi connectivity index (χ1v) is 7.49. The van der Waals surface area contributed by atoms with E-state index in [-0.39, 0.29) is 5.13 Å². The van der Waals surface area contributed by atoms with E-state index in [9.17, 15) is 8.42 Å². The highest BCUT2D eigenvalue weighted by Gasteiger charge is 2.24. The molecule has 2 radical (unpaired) electrons. The Bertz CT molecular complexity index is 511. The Morgan fingerprint density at radius 3 is 2.83 bits per heavy atom. The number of hydrogen-bond acceptors (Lipinski definition) is 5. The number of nitrogens with zero attached hydrogens (tertiary/aromatic N) is 2. The van der Waals surface area contributed by atoms with Gasteiger partial charge in [-0.25, -0.2) is 10.1 Å². The number of aromatic nitrogens is 1. The van der Waals surface area contributed by atoms with Crippen LogP contribution in [0.3, 0.4) is 0 Å². The maximum Gasteiger partial charge on any atom is 0.307 e. The lowest BCUT2D eigenvalue weighted by atomic mass is 10.2. The molecule has 0 saturated carbocycles. The molecule has 0 spiro atoms. The molecule has 0 atom stereocenters. The molecule has 0 aromatic carbocycles. The number of nitrogens with two attached hydrogens (primary N) is 2. The lowest BCUT2D eigenvalue weighted by molar-refractivity contribution is 0.598. The number of hydrogen-bond donors (Lipinski definition) is 3. The highest BCUT2D eigenvalue weighted by atomic mass is 32.2. The largest absolute Gasteiger partial charge is 0.369 e. The Labute approximate surface area is 111 Å². The van der Waals surface area contributed by atoms with Gasteiger partial charge in [0.1, 0.15) is 0 Å². The Kier molecular flexibility index (Phi) is 5.05. The molecule has 18 heavy (non-hydrogen) atoms. The van der Waals surface area contributed by atoms with Gasteiger partial charge in [0.25, 0.3) is 0 Å². The maximum atomic E-state index is 11.3. The van der Waals surface area contributed by atoms with Gasteiger partial charge in [-0.1, -0.05) is 19.8 Å². The molecule has 1 rings (SSSR count). The molecule has 0 amide bonds. The van der Waals surface area contributed by atoms with Crippen LogP contribution in [-0.4, -0.2) is 19.4 Å². The molecule has 0 fully saturated rings. The van der Waals surface area contributed by atoms with Gasteiger partial charge in [0, 0.05) is 11.8 Å². The van der Waals surface area contributed by atoms with Gasteiger partial charge >= 0.3 is 10.2 Å². The van der Waals surface area contributed by atoms with E-state index in [1.165, 1.54) is 0 Å². The minimum absolute atomic E-state index is 0.0610. The van der Waals surface area contributed by atoms with Gasteiger partial charge in [-0.2, -0.15) is 12.7 Å². The minimum atomic E-state index is -4.12. The zero-order valence-electron chi connectivity index (χ0n) is 9.67. The summed E-state index contributed by atoms with van der Waals surface area (Å²) in [6, 6.07) is 0. The van der Waals surface area contributed by atoms with E-state index in [0.717, 1.165) is 30.6 Å². The summed E-state index contributed by atoms with van der Waals surface area (Å²) in [7, 11) is -4.12. The van der Waals surface area contributed by atoms with Gasteiger partial charge < -0.3 is 5.73 Å². The molecule has 9 heteroatoms. The van der Waals surface area contributed by atoms with E-state index in [1.807, 2.05) is 6.42 Å². The summed E-state index contributed by atoms with van der Waals surface area (Å²) in [6.45, 7) is 3.72. The first-order chi connectivity index (χ1) is 8.36. The standard InChI is InChI=1S/C9H15N5O2S2/c1-2-3-4-5-7-6-17-9(13-7)14(8(10)11)18(12,15)16/h5-6H,1-4H2,(H3,10,11)(H2,12,15,16). The average Bonchev–Trinajstić information content (AvgIpc) is 2.64. The minimum Gasteiger partial charge on any atom is -0.369 e. The smallest absolute Gasteiger partial charge is 0.307 e. The Balaban J connectivity index is 2.86. The van der Waals surface area contributed by atoms with Crippen LogP contribution in [-0.2, 0) is 10.2 Å². The predicted octanol–water partition coefficient (Wildman–Crippen LogP) is 0.603. The number of thiazole rings is 1. The molecular weight excluding hydrogens is 274 g/mol. The Morgan fingerprint density at radius 1 is 1.67 bits per heavy atom. The number of guanidine groups is 1. The lowest BCUT2D eigenvalue weighted by Crippen LogP contribution is -2.45. The average molecular weight is 289 g/mol. The molecule has 1 aromatic rings. The molecule has 0 aliphatic carbocycles. The molecule has 0 saturated heterocycles. The lowest BCUT2D eigenvalue weighted by Gasteiger charge is -2.15. The summed E-state index contributed by atoms with van der Waals surface area (Å²) >= 11 is 1.06. The third-order valence-electron chi connectivity index (χ3n) is 1.96. The number of anilines is 1. The molecule has 100 valence electrons. The van der Waals surface area contributed by atoms with Crippen LogP contribution < -0.4 is 15.2 Å². The number of nitrogens with one attached hydrogen (secondary N) is 1. The van der Waals surface area contributed by atoms with Gasteiger partial charge in [-0.15, -0.1) is 11.3 Å². The fraction of sp³-hybridized carbons (Fsp3) is 0.333. The van der Waals surface area contributed by atoms with Crippen molar-refractivity contribution in [1.82, 2.24) is 4.98 Å². The van der Waals surface area contributed by atoms with Crippen molar-refractivity contribution in [1.29, 1.82) is 5.41 Å². The van der Waals surface area contributed by atoms with Crippen LogP contribution >= 0.6 is 11.3 Å². The van der Waals surface area contributed by atoms with Crippen LogP contribution in [0.15, 0.2) is 5.38 Å². The van der Waals surface area contributed by atoms with Gasteiger partial charge in [-0.05, 0) is 6.42 Å². The monoisotopic (exact) mass is 289 g/mol. The van der Waals surface area contributed by atoms with E-state index in [0.29, 0.717) is 10.00 Å². The second kappa shape index (κ2) is 6.12. The normalized spacial score (nSPS) is 11.4. The van der Waals surface area contributed by atoms with E-state index < -0.39 is 16.2 Å². The summed E-state index contributed by atoms with van der Waals surface area (Å²) in [4.78, 5) is 4.06. The summed E-state index contributed by atoms with van der Waals surface area (Å²) < 4.78 is 23.0. The molecule has 7 nitrogen and oxygen atoms in total. The maximum absolute atomic E-state index is 11.3. The van der Waals surface area contributed by atoms with Crippen molar-refractivity contribution in [2.24, 2.45) is 10.9 Å². The summed E-state index contributed by atoms with van der Waals surface area (Å²) in [6.07, 6.45) is 4.43. The van der Waals surface area contributed by atoms with Crippen molar-refractivity contribution in [2.75, 3.05) is 4.31 Å². The predicted molar refractivity (Wildman–Crippen MR) is 72.2 cm³/mol. The van der Waals surface area contributed by atoms with Gasteiger partial charge in [-0.3, -0.25) is 5.41 Å². The first-order valence-electron chi connectivity index (χ1n) is 5.11. The van der Waals surface area contributed by atoms with E-state index in [4.69, 9.17) is 16.3 Å². The van der Waals surface area contributed by atoms with Crippen molar-refractivity contribution in [2.45, 2.75) is 19.3 Å². The van der Waals surface area contributed by atoms with Crippen molar-refractivity contribution in [3.63, 3.8) is 0 Å². The molecule has 1 aromatic heterocycles. The quantitative estimate of drug-likeness (QED) is 0.402. The molecule has 0 aliphatic rings. The Hall–Kier alpha value is -1.19. The highest BCUT2D eigenvalue weighted by Crippen LogP contribution is 2.23. The van der Waals surface area contributed by atoms with Crippen LogP contribution in [0, 0.1) is 18.8 Å². The van der Waals surface area contributed by atoms with Gasteiger partial charge in [0.15, 0.2) is 0 Å². The van der Waals surface area contributed by atoms with E-state index in [1.54, 1.807) is 5.38 Å². The molecule has 5 N–H and O–H groups in total. The first kappa shape index (κ1) is 14.9. The topological polar surface area (TPSA) is 126 Å². The van der Waals surface area contributed by atoms with Crippen LogP contribution in [0.1, 0.15) is 25.0 Å². The van der Waals surface area contributed by atoms with Crippen molar-refractivity contribution >= 4 is 32.6 Å². The number of unbranched alkanes of at least 4 members (excludes halogenated alkanes) is 2. The molecule has 0 aliphatic heterocycles. The molecule has 1 heterocycles. The molecule has 0 bridgehead atoms. The summed E-state index contributed by atoms with van der Waals surface area (Å²) in [5.74, 6) is -0.684. The zero-order valence-corrected chi connectivity index (χ0v) is 11.3. The van der Waals surface area contributed by atoms with Gasteiger partial charge in [0.2, 0.25) is 11.1 Å². The van der Waals surface area contributed by atoms with Crippen LogP contribution in [0.4, 0.5) is 5.13 Å². The van der Waals surface area contributed by atoms with E-state index in [2.05, 4.69) is 11.9 Å². The fourth-order valence-corrected chi connectivity index (χ4v) is 2.91. The van der Waals surface area contributed by atoms with Crippen LogP contribution in [0.5, 0.6) is 0 Å². The molecular formula is C9H15N5O2S2. The summed E-state index contributed by atoms with van der Waals surface area (Å²) in [5, 5.41) is 13.9. The van der Waals surface area contributed by atoms with Crippen molar-refractivity contribution < 1.29 is 8.42 Å². The third kappa shape index (κ3) is 3.93. The molecule has 0 unspecified atom stereocenters. The third-order valence-corrected chi connectivity index (χ3v) is 3.80. The van der Waals surface area contributed by atoms with Crippen LogP contribution in [0.2, 0.25) is 0 Å². The van der Waals surface area contributed by atoms with Crippen LogP contribution in [0.25, 0.3) is 0 Å². The second-order valence-electron chi connectivity index (χ2n) is 3.45. The highest BCUT2D eigenvalue weighted by molar-refractivity contribution is 7.91. The van der Waals surface area contributed by atoms with Gasteiger partial charge in [0.05, 0.1) is 5.69 Å². The SMILES string of the molecule is [CH2]CCC[CH]c1csc(N(C(=N)N)S(N)(=O)=O)n1. The van der Waals surface area contributed by atoms with Crippen molar-refractivity contribution in [3.05, 3.63) is 24.4 Å². The van der Waals surface area contributed by atoms with Crippen molar-refractivity contribution in [3.8, 4) is 0 Å².